The van der Waals surface area contributed by atoms with Crippen molar-refractivity contribution in [3.8, 4) is 23.0 Å². The number of carbonyl (C=O) groups excluding carboxylic acids is 1. The average Bonchev–Trinajstić information content (AvgIpc) is 3.06. The highest BCUT2D eigenvalue weighted by Crippen LogP contribution is 2.42. The maximum atomic E-state index is 13.0. The molecule has 0 saturated carbocycles. The van der Waals surface area contributed by atoms with Gasteiger partial charge in [-0.15, -0.1) is 0 Å². The first kappa shape index (κ1) is 24.2. The van der Waals surface area contributed by atoms with E-state index in [4.69, 9.17) is 18.9 Å². The van der Waals surface area contributed by atoms with Crippen LogP contribution in [-0.2, 0) is 24.1 Å². The smallest absolute Gasteiger partial charge is 0.223 e. The zero-order chi connectivity index (χ0) is 24.2. The van der Waals surface area contributed by atoms with E-state index >= 15 is 0 Å². The number of hydrogen-bond acceptors (Lipinski definition) is 6. The Morgan fingerprint density at radius 1 is 0.853 bits per heavy atom. The van der Waals surface area contributed by atoms with Crippen LogP contribution in [0.15, 0.2) is 24.3 Å². The van der Waals surface area contributed by atoms with E-state index in [1.54, 1.807) is 28.4 Å². The minimum absolute atomic E-state index is 0.221. The molecule has 2 aliphatic rings. The predicted octanol–water partition coefficient (Wildman–Crippen LogP) is 3.31. The molecule has 0 saturated heterocycles. The van der Waals surface area contributed by atoms with Gasteiger partial charge in [0.25, 0.3) is 0 Å². The van der Waals surface area contributed by atoms with Crippen molar-refractivity contribution in [1.82, 2.24) is 9.80 Å². The molecule has 2 aromatic carbocycles. The molecule has 1 atom stereocenters. The van der Waals surface area contributed by atoms with E-state index in [1.165, 1.54) is 22.3 Å². The van der Waals surface area contributed by atoms with Gasteiger partial charge < -0.3 is 28.7 Å². The summed E-state index contributed by atoms with van der Waals surface area (Å²) in [5.74, 6) is 3.75. The highest BCUT2D eigenvalue weighted by Gasteiger charge is 2.29. The standard InChI is InChI=1S/C27H36N2O5/c1-28(17-21-12-20-15-25(33-4)26(34-5)16-22(20)21)9-8-27(30)29-10-6-18-13-23(31-2)24(32-3)14-19(18)7-11-29/h13-16,21H,6-12,17H2,1-5H3. The van der Waals surface area contributed by atoms with Gasteiger partial charge in [0, 0.05) is 38.5 Å². The maximum absolute atomic E-state index is 13.0. The molecule has 1 heterocycles. The quantitative estimate of drug-likeness (QED) is 0.563. The topological polar surface area (TPSA) is 60.5 Å². The van der Waals surface area contributed by atoms with Gasteiger partial charge in [-0.25, -0.2) is 0 Å². The van der Waals surface area contributed by atoms with Crippen LogP contribution < -0.4 is 18.9 Å². The van der Waals surface area contributed by atoms with Gasteiger partial charge in [0.05, 0.1) is 28.4 Å². The first-order valence-corrected chi connectivity index (χ1v) is 11.9. The molecule has 0 radical (unpaired) electrons. The second-order valence-electron chi connectivity index (χ2n) is 9.18. The van der Waals surface area contributed by atoms with Gasteiger partial charge in [0.15, 0.2) is 23.0 Å². The Morgan fingerprint density at radius 3 is 1.88 bits per heavy atom. The van der Waals surface area contributed by atoms with Gasteiger partial charge in [-0.05, 0) is 72.8 Å². The third-order valence-corrected chi connectivity index (χ3v) is 7.15. The van der Waals surface area contributed by atoms with Crippen LogP contribution in [0.4, 0.5) is 0 Å². The lowest BCUT2D eigenvalue weighted by Crippen LogP contribution is -2.37. The van der Waals surface area contributed by atoms with Crippen molar-refractivity contribution in [1.29, 1.82) is 0 Å². The summed E-state index contributed by atoms with van der Waals surface area (Å²) in [4.78, 5) is 17.3. The minimum Gasteiger partial charge on any atom is -0.493 e. The molecule has 0 spiro atoms. The van der Waals surface area contributed by atoms with Crippen LogP contribution in [0.1, 0.15) is 34.6 Å². The minimum atomic E-state index is 0.221. The SMILES string of the molecule is COc1cc2c(cc1OC)CCN(C(=O)CCN(C)CC1Cc3cc(OC)c(OC)cc31)CC2. The molecule has 1 unspecified atom stereocenters. The number of benzene rings is 2. The van der Waals surface area contributed by atoms with E-state index in [1.807, 2.05) is 4.90 Å². The zero-order valence-electron chi connectivity index (χ0n) is 21.0. The number of nitrogens with zero attached hydrogens (tertiary/aromatic N) is 2. The molecule has 4 rings (SSSR count). The van der Waals surface area contributed by atoms with Gasteiger partial charge in [0.1, 0.15) is 0 Å². The third kappa shape index (κ3) is 4.94. The van der Waals surface area contributed by atoms with E-state index in [-0.39, 0.29) is 5.91 Å². The monoisotopic (exact) mass is 468 g/mol. The largest absolute Gasteiger partial charge is 0.493 e. The van der Waals surface area contributed by atoms with Crippen molar-refractivity contribution in [2.75, 3.05) is 61.7 Å². The summed E-state index contributed by atoms with van der Waals surface area (Å²) in [7, 11) is 8.75. The van der Waals surface area contributed by atoms with Crippen molar-refractivity contribution in [2.45, 2.75) is 31.6 Å². The second kappa shape index (κ2) is 10.6. The molecule has 184 valence electrons. The first-order chi connectivity index (χ1) is 16.5. The molecular formula is C27H36N2O5. The number of ether oxygens (including phenoxy) is 4. The Bertz CT molecular complexity index is 1000. The van der Waals surface area contributed by atoms with Crippen LogP contribution in [0.2, 0.25) is 0 Å². The predicted molar refractivity (Wildman–Crippen MR) is 132 cm³/mol. The summed E-state index contributed by atoms with van der Waals surface area (Å²) in [6.45, 7) is 3.16. The lowest BCUT2D eigenvalue weighted by Gasteiger charge is -2.34. The Kier molecular flexibility index (Phi) is 7.51. The lowest BCUT2D eigenvalue weighted by atomic mass is 9.77. The van der Waals surface area contributed by atoms with Crippen molar-refractivity contribution in [3.05, 3.63) is 46.5 Å². The van der Waals surface area contributed by atoms with E-state index in [2.05, 4.69) is 36.2 Å². The summed E-state index contributed by atoms with van der Waals surface area (Å²) in [5, 5.41) is 0. The fourth-order valence-corrected chi connectivity index (χ4v) is 5.11. The van der Waals surface area contributed by atoms with Crippen LogP contribution in [-0.4, -0.2) is 77.4 Å². The molecule has 0 bridgehead atoms. The second-order valence-corrected chi connectivity index (χ2v) is 9.18. The molecule has 34 heavy (non-hydrogen) atoms. The fraction of sp³-hybridized carbons (Fsp3) is 0.519. The van der Waals surface area contributed by atoms with E-state index in [0.717, 1.165) is 68.4 Å². The summed E-state index contributed by atoms with van der Waals surface area (Å²) >= 11 is 0. The number of hydrogen-bond donors (Lipinski definition) is 0. The summed E-state index contributed by atoms with van der Waals surface area (Å²) in [6, 6.07) is 8.28. The lowest BCUT2D eigenvalue weighted by molar-refractivity contribution is -0.131. The average molecular weight is 469 g/mol. The number of fused-ring (bicyclic) bond motifs is 2. The Balaban J connectivity index is 1.28. The van der Waals surface area contributed by atoms with Crippen molar-refractivity contribution >= 4 is 5.91 Å². The van der Waals surface area contributed by atoms with Crippen LogP contribution in [0, 0.1) is 0 Å². The highest BCUT2D eigenvalue weighted by atomic mass is 16.5. The third-order valence-electron chi connectivity index (χ3n) is 7.15. The van der Waals surface area contributed by atoms with Crippen LogP contribution in [0.5, 0.6) is 23.0 Å². The molecule has 1 aliphatic heterocycles. The maximum Gasteiger partial charge on any atom is 0.223 e. The number of rotatable bonds is 9. The van der Waals surface area contributed by atoms with Gasteiger partial charge in [0.2, 0.25) is 5.91 Å². The molecule has 2 aromatic rings. The summed E-state index contributed by atoms with van der Waals surface area (Å²) in [5.41, 5.74) is 5.12. The van der Waals surface area contributed by atoms with E-state index in [0.29, 0.717) is 12.3 Å². The molecule has 7 nitrogen and oxygen atoms in total. The molecular weight excluding hydrogens is 432 g/mol. The van der Waals surface area contributed by atoms with Crippen molar-refractivity contribution in [3.63, 3.8) is 0 Å². The van der Waals surface area contributed by atoms with Gasteiger partial charge in [-0.3, -0.25) is 4.79 Å². The van der Waals surface area contributed by atoms with Gasteiger partial charge >= 0.3 is 0 Å². The molecule has 1 aliphatic carbocycles. The normalized spacial score (nSPS) is 16.8. The Hall–Kier alpha value is -2.93. The van der Waals surface area contributed by atoms with E-state index in [9.17, 15) is 4.79 Å². The molecule has 7 heteroatoms. The van der Waals surface area contributed by atoms with Crippen molar-refractivity contribution in [2.24, 2.45) is 0 Å². The van der Waals surface area contributed by atoms with Crippen LogP contribution in [0.3, 0.4) is 0 Å². The van der Waals surface area contributed by atoms with Crippen molar-refractivity contribution < 1.29 is 23.7 Å². The van der Waals surface area contributed by atoms with Crippen LogP contribution >= 0.6 is 0 Å². The number of likely N-dealkylation sites (N-methyl/N-ethyl adjacent to an activating group) is 1. The zero-order valence-corrected chi connectivity index (χ0v) is 21.0. The Labute approximate surface area is 202 Å². The number of carbonyl (C=O) groups is 1. The summed E-state index contributed by atoms with van der Waals surface area (Å²) in [6.07, 6.45) is 3.24. The molecule has 1 amide bonds. The van der Waals surface area contributed by atoms with E-state index < -0.39 is 0 Å². The summed E-state index contributed by atoms with van der Waals surface area (Å²) < 4.78 is 21.8. The fourth-order valence-electron chi connectivity index (χ4n) is 5.11. The Morgan fingerprint density at radius 2 is 1.35 bits per heavy atom. The highest BCUT2D eigenvalue weighted by molar-refractivity contribution is 5.76. The number of amides is 1. The first-order valence-electron chi connectivity index (χ1n) is 11.9. The molecule has 0 fully saturated rings. The van der Waals surface area contributed by atoms with Crippen LogP contribution in [0.25, 0.3) is 0 Å². The molecule has 0 aromatic heterocycles. The van der Waals surface area contributed by atoms with Gasteiger partial charge in [-0.2, -0.15) is 0 Å². The van der Waals surface area contributed by atoms with Gasteiger partial charge in [-0.1, -0.05) is 0 Å². The number of methoxy groups -OCH3 is 4. The molecule has 0 N–H and O–H groups in total.